The zero-order valence-corrected chi connectivity index (χ0v) is 23.2. The summed E-state index contributed by atoms with van der Waals surface area (Å²) in [5.74, 6) is 0.0808. The van der Waals surface area contributed by atoms with E-state index in [1.165, 1.54) is 17.8 Å². The number of carbonyl (C=O) groups is 1. The lowest BCUT2D eigenvalue weighted by atomic mass is 9.74. The van der Waals surface area contributed by atoms with Crippen molar-refractivity contribution in [3.8, 4) is 0 Å². The normalized spacial score (nSPS) is 23.5. The number of rotatable bonds is 8. The van der Waals surface area contributed by atoms with Gasteiger partial charge in [-0.05, 0) is 43.2 Å². The Morgan fingerprint density at radius 1 is 1.31 bits per heavy atom. The van der Waals surface area contributed by atoms with Gasteiger partial charge in [0.25, 0.3) is 5.91 Å². The van der Waals surface area contributed by atoms with E-state index in [4.69, 9.17) is 14.5 Å². The molecule has 2 aliphatic rings. The van der Waals surface area contributed by atoms with Crippen LogP contribution in [0.2, 0.25) is 0 Å². The zero-order valence-electron chi connectivity index (χ0n) is 22.4. The maximum atomic E-state index is 15.6. The molecular formula is C29H34FN5O3S. The molecule has 4 atom stereocenters. The molecular weight excluding hydrogens is 517 g/mol. The second-order valence-electron chi connectivity index (χ2n) is 10.2. The fourth-order valence-corrected chi connectivity index (χ4v) is 6.39. The highest BCUT2D eigenvalue weighted by Crippen LogP contribution is 2.50. The number of fused-ring (bicyclic) bond motifs is 1. The molecule has 0 bridgehead atoms. The molecule has 3 unspecified atom stereocenters. The van der Waals surface area contributed by atoms with Crippen LogP contribution >= 0.6 is 11.8 Å². The van der Waals surface area contributed by atoms with Gasteiger partial charge in [0.2, 0.25) is 0 Å². The molecule has 1 fully saturated rings. The molecule has 0 saturated carbocycles. The van der Waals surface area contributed by atoms with Gasteiger partial charge in [-0.1, -0.05) is 36.0 Å². The summed E-state index contributed by atoms with van der Waals surface area (Å²) < 4.78 is 29.0. The number of amidine groups is 1. The summed E-state index contributed by atoms with van der Waals surface area (Å²) in [6.07, 6.45) is 4.28. The number of hydrogen-bond donors (Lipinski definition) is 2. The smallest absolute Gasteiger partial charge is 0.257 e. The molecule has 2 aromatic carbocycles. The van der Waals surface area contributed by atoms with Gasteiger partial charge in [-0.3, -0.25) is 9.48 Å². The van der Waals surface area contributed by atoms with E-state index >= 15 is 4.39 Å². The number of amides is 1. The highest BCUT2D eigenvalue weighted by atomic mass is 32.2. The lowest BCUT2D eigenvalue weighted by Crippen LogP contribution is -2.49. The maximum absolute atomic E-state index is 15.6. The molecule has 3 aromatic rings. The van der Waals surface area contributed by atoms with Crippen LogP contribution in [0.5, 0.6) is 0 Å². The van der Waals surface area contributed by atoms with Crippen molar-refractivity contribution in [1.29, 1.82) is 0 Å². The molecule has 2 aliphatic heterocycles. The Morgan fingerprint density at radius 3 is 2.87 bits per heavy atom. The molecule has 0 aliphatic carbocycles. The Bertz CT molecular complexity index is 1330. The fraction of sp³-hybridized carbons (Fsp3) is 0.414. The first-order valence-corrected chi connectivity index (χ1v) is 14.1. The number of aromatic nitrogens is 2. The summed E-state index contributed by atoms with van der Waals surface area (Å²) in [5.41, 5.74) is 2.00. The SMILES string of the molecule is COC[C@@H](C)NCc1ccc(F)c(C23COC(c4cnn(C)c4)CC2CSC(NC(=O)c2ccccc2)=N3)c1. The Labute approximate surface area is 232 Å². The average Bonchev–Trinajstić information content (AvgIpc) is 3.39. The van der Waals surface area contributed by atoms with Crippen LogP contribution < -0.4 is 10.6 Å². The number of benzene rings is 2. The van der Waals surface area contributed by atoms with Crippen molar-refractivity contribution >= 4 is 22.8 Å². The van der Waals surface area contributed by atoms with Crippen LogP contribution in [-0.4, -0.2) is 53.0 Å². The minimum atomic E-state index is -0.971. The molecule has 0 radical (unpaired) electrons. The molecule has 8 nitrogen and oxygen atoms in total. The second-order valence-corrected chi connectivity index (χ2v) is 11.2. The average molecular weight is 552 g/mol. The first kappa shape index (κ1) is 27.5. The molecule has 1 amide bonds. The number of thioether (sulfide) groups is 1. The van der Waals surface area contributed by atoms with E-state index in [1.54, 1.807) is 30.0 Å². The van der Waals surface area contributed by atoms with E-state index in [-0.39, 0.29) is 36.4 Å². The number of halogens is 1. The lowest BCUT2D eigenvalue weighted by Gasteiger charge is -2.46. The summed E-state index contributed by atoms with van der Waals surface area (Å²) >= 11 is 1.49. The van der Waals surface area contributed by atoms with Gasteiger partial charge in [0.15, 0.2) is 5.17 Å². The third-order valence-corrected chi connectivity index (χ3v) is 8.36. The van der Waals surface area contributed by atoms with Crippen LogP contribution in [0.4, 0.5) is 4.39 Å². The van der Waals surface area contributed by atoms with E-state index in [1.807, 2.05) is 50.6 Å². The summed E-state index contributed by atoms with van der Waals surface area (Å²) in [5, 5.41) is 11.1. The van der Waals surface area contributed by atoms with Crippen molar-refractivity contribution in [2.45, 2.75) is 37.6 Å². The molecule has 39 heavy (non-hydrogen) atoms. The summed E-state index contributed by atoms with van der Waals surface area (Å²) in [7, 11) is 3.55. The van der Waals surface area contributed by atoms with Gasteiger partial charge in [0, 0.05) is 61.3 Å². The Kier molecular flexibility index (Phi) is 8.46. The third-order valence-electron chi connectivity index (χ3n) is 7.32. The molecule has 1 saturated heterocycles. The predicted molar refractivity (Wildman–Crippen MR) is 150 cm³/mol. The molecule has 0 spiro atoms. The second kappa shape index (κ2) is 12.0. The lowest BCUT2D eigenvalue weighted by molar-refractivity contribution is -0.0588. The summed E-state index contributed by atoms with van der Waals surface area (Å²) in [6, 6.07) is 14.3. The van der Waals surface area contributed by atoms with Crippen molar-refractivity contribution in [1.82, 2.24) is 20.4 Å². The first-order valence-electron chi connectivity index (χ1n) is 13.1. The third kappa shape index (κ3) is 6.09. The standard InChI is InChI=1S/C29H34FN5O3S/c1-19(16-37-3)31-13-20-9-10-25(30)24(11-20)29-18-38-26(22-14-32-35(2)15-22)12-23(29)17-39-28(34-29)33-27(36)21-7-5-4-6-8-21/h4-11,14-15,19,23,26,31H,12-13,16-18H2,1-3H3,(H,33,34,36)/t19-,23?,26?,29?/m1/s1. The molecule has 206 valence electrons. The first-order chi connectivity index (χ1) is 18.9. The number of aryl methyl sites for hydroxylation is 1. The zero-order chi connectivity index (χ0) is 27.4. The van der Waals surface area contributed by atoms with Crippen molar-refractivity contribution in [3.05, 3.63) is 89.0 Å². The van der Waals surface area contributed by atoms with Gasteiger partial charge in [-0.25, -0.2) is 9.38 Å². The molecule has 5 rings (SSSR count). The quantitative estimate of drug-likeness (QED) is 0.437. The Balaban J connectivity index is 1.48. The van der Waals surface area contributed by atoms with E-state index < -0.39 is 5.54 Å². The van der Waals surface area contributed by atoms with Crippen molar-refractivity contribution in [2.75, 3.05) is 26.1 Å². The number of methoxy groups -OCH3 is 1. The Hall–Kier alpha value is -3.05. The van der Waals surface area contributed by atoms with Gasteiger partial charge < -0.3 is 20.1 Å². The number of aliphatic imine (C=N–C) groups is 1. The van der Waals surface area contributed by atoms with Crippen LogP contribution in [0.1, 0.15) is 46.5 Å². The number of nitrogens with zero attached hydrogens (tertiary/aromatic N) is 3. The van der Waals surface area contributed by atoms with E-state index in [0.717, 1.165) is 11.1 Å². The number of ether oxygens (including phenoxy) is 2. The molecule has 3 heterocycles. The summed E-state index contributed by atoms with van der Waals surface area (Å²) in [4.78, 5) is 18.0. The van der Waals surface area contributed by atoms with Crippen molar-refractivity contribution < 1.29 is 18.7 Å². The van der Waals surface area contributed by atoms with Crippen LogP contribution in [-0.2, 0) is 28.6 Å². The minimum Gasteiger partial charge on any atom is -0.383 e. The van der Waals surface area contributed by atoms with Crippen molar-refractivity contribution in [3.63, 3.8) is 0 Å². The Morgan fingerprint density at radius 2 is 2.13 bits per heavy atom. The largest absolute Gasteiger partial charge is 0.383 e. The number of carbonyl (C=O) groups excluding carboxylic acids is 1. The van der Waals surface area contributed by atoms with E-state index in [2.05, 4.69) is 15.7 Å². The van der Waals surface area contributed by atoms with Gasteiger partial charge >= 0.3 is 0 Å². The topological polar surface area (TPSA) is 89.8 Å². The van der Waals surface area contributed by atoms with Gasteiger partial charge in [0.1, 0.15) is 11.4 Å². The molecule has 2 N–H and O–H groups in total. The monoisotopic (exact) mass is 551 g/mol. The van der Waals surface area contributed by atoms with Gasteiger partial charge in [0.05, 0.1) is 25.5 Å². The van der Waals surface area contributed by atoms with Crippen molar-refractivity contribution in [2.24, 2.45) is 18.0 Å². The highest BCUT2D eigenvalue weighted by Gasteiger charge is 2.50. The minimum absolute atomic E-state index is 0.0102. The van der Waals surface area contributed by atoms with Crippen LogP contribution in [0, 0.1) is 11.7 Å². The van der Waals surface area contributed by atoms with Gasteiger partial charge in [-0.2, -0.15) is 5.10 Å². The van der Waals surface area contributed by atoms with Gasteiger partial charge in [-0.15, -0.1) is 0 Å². The van der Waals surface area contributed by atoms with E-state index in [0.29, 0.717) is 41.6 Å². The number of hydrogen-bond acceptors (Lipinski definition) is 7. The van der Waals surface area contributed by atoms with Crippen LogP contribution in [0.15, 0.2) is 65.9 Å². The van der Waals surface area contributed by atoms with Crippen LogP contribution in [0.25, 0.3) is 0 Å². The molecule has 1 aromatic heterocycles. The van der Waals surface area contributed by atoms with E-state index in [9.17, 15) is 4.79 Å². The summed E-state index contributed by atoms with van der Waals surface area (Å²) in [6.45, 7) is 3.38. The highest BCUT2D eigenvalue weighted by molar-refractivity contribution is 8.13. The van der Waals surface area contributed by atoms with Crippen LogP contribution in [0.3, 0.4) is 0 Å². The fourth-order valence-electron chi connectivity index (χ4n) is 5.22. The maximum Gasteiger partial charge on any atom is 0.257 e. The molecule has 10 heteroatoms. The number of nitrogens with one attached hydrogen (secondary N) is 2. The predicted octanol–water partition coefficient (Wildman–Crippen LogP) is 4.19.